The number of hydrogen-bond donors (Lipinski definition) is 1. The average molecular weight is 228 g/mol. The number of nitrogen functional groups attached to an aromatic ring is 1. The third-order valence-corrected chi connectivity index (χ3v) is 3.25. The number of benzene rings is 1. The lowest BCUT2D eigenvalue weighted by Gasteiger charge is -2.09. The molecule has 2 heterocycles. The van der Waals surface area contributed by atoms with Gasteiger partial charge >= 0.3 is 0 Å². The van der Waals surface area contributed by atoms with Gasteiger partial charge < -0.3 is 5.73 Å². The van der Waals surface area contributed by atoms with Crippen molar-refractivity contribution in [2.24, 2.45) is 0 Å². The van der Waals surface area contributed by atoms with Gasteiger partial charge in [-0.1, -0.05) is 17.7 Å². The van der Waals surface area contributed by atoms with Crippen molar-refractivity contribution in [3.63, 3.8) is 0 Å². The molecular weight excluding hydrogens is 212 g/mol. The summed E-state index contributed by atoms with van der Waals surface area (Å²) in [5.74, 6) is 0.657. The van der Waals surface area contributed by atoms with Crippen LogP contribution in [0.3, 0.4) is 0 Å². The van der Waals surface area contributed by atoms with Crippen molar-refractivity contribution >= 4 is 5.82 Å². The highest BCUT2D eigenvalue weighted by Gasteiger charge is 2.24. The molecular formula is C13H16N4. The second-order valence-electron chi connectivity index (χ2n) is 4.73. The maximum Gasteiger partial charge on any atom is 0.150 e. The second-order valence-corrected chi connectivity index (χ2v) is 4.73. The van der Waals surface area contributed by atoms with Crippen molar-refractivity contribution in [3.8, 4) is 5.69 Å². The van der Waals surface area contributed by atoms with Gasteiger partial charge in [0.05, 0.1) is 11.4 Å². The van der Waals surface area contributed by atoms with E-state index in [1.807, 2.05) is 4.68 Å². The standard InChI is InChI=1S/C13H16N4/c1-9-3-5-10(6-4-9)17-12-8-16(2)7-11(12)13(14)15-17/h3-6H,7-8H2,1-2H3,(H2,14,15). The van der Waals surface area contributed by atoms with Crippen LogP contribution in [0.2, 0.25) is 0 Å². The predicted molar refractivity (Wildman–Crippen MR) is 67.9 cm³/mol. The first-order chi connectivity index (χ1) is 8.15. The number of nitrogens with two attached hydrogens (primary N) is 1. The van der Waals surface area contributed by atoms with Crippen LogP contribution in [0.4, 0.5) is 5.82 Å². The first-order valence-corrected chi connectivity index (χ1v) is 5.77. The van der Waals surface area contributed by atoms with Crippen LogP contribution >= 0.6 is 0 Å². The van der Waals surface area contributed by atoms with E-state index in [0.29, 0.717) is 5.82 Å². The number of aromatic nitrogens is 2. The van der Waals surface area contributed by atoms with Gasteiger partial charge in [0.25, 0.3) is 0 Å². The predicted octanol–water partition coefficient (Wildman–Crippen LogP) is 1.71. The van der Waals surface area contributed by atoms with E-state index in [2.05, 4.69) is 48.2 Å². The minimum absolute atomic E-state index is 0.657. The quantitative estimate of drug-likeness (QED) is 0.808. The molecule has 1 aliphatic rings. The monoisotopic (exact) mass is 228 g/mol. The van der Waals surface area contributed by atoms with Crippen LogP contribution in [-0.2, 0) is 13.1 Å². The van der Waals surface area contributed by atoms with Crippen LogP contribution in [0.5, 0.6) is 0 Å². The summed E-state index contributed by atoms with van der Waals surface area (Å²) in [6.07, 6.45) is 0. The Bertz CT molecular complexity index is 554. The SMILES string of the molecule is Cc1ccc(-n2nc(N)c3c2CN(C)C3)cc1. The Morgan fingerprint density at radius 3 is 2.59 bits per heavy atom. The summed E-state index contributed by atoms with van der Waals surface area (Å²) in [7, 11) is 2.10. The Labute approximate surface area is 101 Å². The molecule has 0 bridgehead atoms. The van der Waals surface area contributed by atoms with E-state index in [1.54, 1.807) is 0 Å². The third kappa shape index (κ3) is 1.61. The van der Waals surface area contributed by atoms with E-state index in [1.165, 1.54) is 16.8 Å². The highest BCUT2D eigenvalue weighted by Crippen LogP contribution is 2.28. The molecule has 0 saturated heterocycles. The van der Waals surface area contributed by atoms with Gasteiger partial charge in [-0.3, -0.25) is 4.90 Å². The van der Waals surface area contributed by atoms with Gasteiger partial charge in [0.15, 0.2) is 5.82 Å². The van der Waals surface area contributed by atoms with Crippen LogP contribution in [0.15, 0.2) is 24.3 Å². The fourth-order valence-electron chi connectivity index (χ4n) is 2.32. The summed E-state index contributed by atoms with van der Waals surface area (Å²) in [5, 5.41) is 4.43. The number of fused-ring (bicyclic) bond motifs is 1. The summed E-state index contributed by atoms with van der Waals surface area (Å²) in [5.41, 5.74) is 10.7. The van der Waals surface area contributed by atoms with E-state index in [4.69, 9.17) is 5.73 Å². The van der Waals surface area contributed by atoms with E-state index in [0.717, 1.165) is 18.8 Å². The van der Waals surface area contributed by atoms with Crippen LogP contribution in [-0.4, -0.2) is 21.7 Å². The molecule has 1 aromatic carbocycles. The molecule has 0 fully saturated rings. The molecule has 0 unspecified atom stereocenters. The largest absolute Gasteiger partial charge is 0.382 e. The number of hydrogen-bond acceptors (Lipinski definition) is 3. The van der Waals surface area contributed by atoms with E-state index in [-0.39, 0.29) is 0 Å². The Morgan fingerprint density at radius 1 is 1.18 bits per heavy atom. The molecule has 17 heavy (non-hydrogen) atoms. The average Bonchev–Trinajstić information content (AvgIpc) is 2.80. The lowest BCUT2D eigenvalue weighted by atomic mass is 10.2. The van der Waals surface area contributed by atoms with Crippen molar-refractivity contribution in [1.29, 1.82) is 0 Å². The van der Waals surface area contributed by atoms with Gasteiger partial charge in [0.2, 0.25) is 0 Å². The number of nitrogens with zero attached hydrogens (tertiary/aromatic N) is 3. The molecule has 88 valence electrons. The fraction of sp³-hybridized carbons (Fsp3) is 0.308. The number of anilines is 1. The van der Waals surface area contributed by atoms with Gasteiger partial charge in [-0.25, -0.2) is 4.68 Å². The summed E-state index contributed by atoms with van der Waals surface area (Å²) < 4.78 is 1.97. The molecule has 2 aromatic rings. The molecule has 0 spiro atoms. The van der Waals surface area contributed by atoms with Gasteiger partial charge in [0, 0.05) is 18.7 Å². The molecule has 0 amide bonds. The minimum atomic E-state index is 0.657. The summed E-state index contributed by atoms with van der Waals surface area (Å²) >= 11 is 0. The molecule has 0 saturated carbocycles. The first-order valence-electron chi connectivity index (χ1n) is 5.77. The Hall–Kier alpha value is -1.81. The summed E-state index contributed by atoms with van der Waals surface area (Å²) in [6.45, 7) is 3.89. The zero-order valence-electron chi connectivity index (χ0n) is 10.1. The summed E-state index contributed by atoms with van der Waals surface area (Å²) in [6, 6.07) is 8.36. The molecule has 0 aliphatic carbocycles. The van der Waals surface area contributed by atoms with Crippen molar-refractivity contribution in [2.75, 3.05) is 12.8 Å². The molecule has 0 radical (unpaired) electrons. The van der Waals surface area contributed by atoms with Crippen molar-refractivity contribution in [3.05, 3.63) is 41.1 Å². The van der Waals surface area contributed by atoms with E-state index >= 15 is 0 Å². The van der Waals surface area contributed by atoms with Crippen LogP contribution in [0.25, 0.3) is 5.69 Å². The zero-order valence-corrected chi connectivity index (χ0v) is 10.1. The number of rotatable bonds is 1. The summed E-state index contributed by atoms with van der Waals surface area (Å²) in [4.78, 5) is 2.24. The van der Waals surface area contributed by atoms with Crippen molar-refractivity contribution in [1.82, 2.24) is 14.7 Å². The van der Waals surface area contributed by atoms with Gasteiger partial charge in [-0.15, -0.1) is 0 Å². The second kappa shape index (κ2) is 3.60. The van der Waals surface area contributed by atoms with Crippen molar-refractivity contribution < 1.29 is 0 Å². The molecule has 1 aliphatic heterocycles. The van der Waals surface area contributed by atoms with E-state index < -0.39 is 0 Å². The molecule has 0 atom stereocenters. The van der Waals surface area contributed by atoms with Crippen LogP contribution < -0.4 is 5.73 Å². The molecule has 2 N–H and O–H groups in total. The zero-order chi connectivity index (χ0) is 12.0. The highest BCUT2D eigenvalue weighted by molar-refractivity contribution is 5.49. The van der Waals surface area contributed by atoms with Gasteiger partial charge in [0.1, 0.15) is 0 Å². The smallest absolute Gasteiger partial charge is 0.150 e. The van der Waals surface area contributed by atoms with Crippen LogP contribution in [0.1, 0.15) is 16.8 Å². The van der Waals surface area contributed by atoms with Crippen molar-refractivity contribution in [2.45, 2.75) is 20.0 Å². The van der Waals surface area contributed by atoms with E-state index in [9.17, 15) is 0 Å². The lowest BCUT2D eigenvalue weighted by molar-refractivity contribution is 0.346. The Balaban J connectivity index is 2.10. The lowest BCUT2D eigenvalue weighted by Crippen LogP contribution is -2.12. The Kier molecular flexibility index (Phi) is 2.19. The number of aryl methyl sites for hydroxylation is 1. The highest BCUT2D eigenvalue weighted by atomic mass is 15.3. The maximum atomic E-state index is 5.96. The first kappa shape index (κ1) is 10.4. The fourth-order valence-corrected chi connectivity index (χ4v) is 2.32. The molecule has 4 nitrogen and oxygen atoms in total. The normalized spacial score (nSPS) is 15.2. The topological polar surface area (TPSA) is 47.1 Å². The third-order valence-electron chi connectivity index (χ3n) is 3.25. The minimum Gasteiger partial charge on any atom is -0.382 e. The molecule has 3 rings (SSSR count). The molecule has 4 heteroatoms. The van der Waals surface area contributed by atoms with Crippen LogP contribution in [0, 0.1) is 6.92 Å². The molecule has 1 aromatic heterocycles. The van der Waals surface area contributed by atoms with Gasteiger partial charge in [-0.05, 0) is 26.1 Å². The maximum absolute atomic E-state index is 5.96. The van der Waals surface area contributed by atoms with Gasteiger partial charge in [-0.2, -0.15) is 5.10 Å². The Morgan fingerprint density at radius 2 is 1.88 bits per heavy atom.